The van der Waals surface area contributed by atoms with E-state index >= 15 is 0 Å². The Labute approximate surface area is 327 Å². The fourth-order valence-electron chi connectivity index (χ4n) is 8.00. The first-order chi connectivity index (χ1) is 27.7. The lowest BCUT2D eigenvalue weighted by molar-refractivity contribution is 1.07. The van der Waals surface area contributed by atoms with E-state index < -0.39 is 0 Å². The minimum Gasteiger partial charge on any atom is -0.309 e. The number of nitrogens with zero attached hydrogens (tertiary/aromatic N) is 4. The van der Waals surface area contributed by atoms with Crippen LogP contribution in [0.5, 0.6) is 0 Å². The SMILES string of the molecule is c1ccc(-c2cccc(-c3nc(-c4ccccc4)nc(-c4cccc(-c5cc(-n6c7ccccc7c7ccccc76)cc6c5sc5ccccc56)c4)n3)c2)cc1. The fourth-order valence-corrected chi connectivity index (χ4v) is 9.22. The molecule has 11 aromatic rings. The van der Waals surface area contributed by atoms with E-state index in [0.717, 1.165) is 39.1 Å². The van der Waals surface area contributed by atoms with Crippen molar-refractivity contribution in [1.29, 1.82) is 0 Å². The molecule has 0 spiro atoms. The van der Waals surface area contributed by atoms with Gasteiger partial charge in [0.05, 0.1) is 11.0 Å². The predicted molar refractivity (Wildman–Crippen MR) is 234 cm³/mol. The Kier molecular flexibility index (Phi) is 7.64. The zero-order valence-electron chi connectivity index (χ0n) is 30.2. The Balaban J connectivity index is 1.12. The van der Waals surface area contributed by atoms with Crippen LogP contribution < -0.4 is 0 Å². The van der Waals surface area contributed by atoms with Gasteiger partial charge in [-0.05, 0) is 59.2 Å². The van der Waals surface area contributed by atoms with Crippen molar-refractivity contribution in [1.82, 2.24) is 19.5 Å². The second kappa shape index (κ2) is 13.3. The van der Waals surface area contributed by atoms with Gasteiger partial charge in [0.2, 0.25) is 0 Å². The first-order valence-electron chi connectivity index (χ1n) is 18.8. The summed E-state index contributed by atoms with van der Waals surface area (Å²) >= 11 is 1.85. The Morgan fingerprint density at radius 1 is 0.339 bits per heavy atom. The van der Waals surface area contributed by atoms with Crippen molar-refractivity contribution < 1.29 is 0 Å². The fraction of sp³-hybridized carbons (Fsp3) is 0. The molecule has 0 aliphatic rings. The Morgan fingerprint density at radius 3 is 1.48 bits per heavy atom. The van der Waals surface area contributed by atoms with Crippen LogP contribution in [0.2, 0.25) is 0 Å². The zero-order valence-corrected chi connectivity index (χ0v) is 31.0. The maximum atomic E-state index is 5.17. The molecule has 0 bridgehead atoms. The Morgan fingerprint density at radius 2 is 0.821 bits per heavy atom. The summed E-state index contributed by atoms with van der Waals surface area (Å²) < 4.78 is 4.94. The molecule has 0 aliphatic heterocycles. The molecule has 0 saturated heterocycles. The molecule has 0 amide bonds. The highest BCUT2D eigenvalue weighted by atomic mass is 32.1. The maximum absolute atomic E-state index is 5.17. The van der Waals surface area contributed by atoms with Gasteiger partial charge in [0, 0.05) is 58.9 Å². The molecule has 11 rings (SSSR count). The molecule has 262 valence electrons. The van der Waals surface area contributed by atoms with E-state index in [-0.39, 0.29) is 0 Å². The molecule has 0 atom stereocenters. The highest BCUT2D eigenvalue weighted by molar-refractivity contribution is 7.26. The summed E-state index contributed by atoms with van der Waals surface area (Å²) in [6.07, 6.45) is 0. The maximum Gasteiger partial charge on any atom is 0.164 e. The number of thiophene rings is 1. The van der Waals surface area contributed by atoms with E-state index in [1.165, 1.54) is 47.5 Å². The predicted octanol–water partition coefficient (Wildman–Crippen LogP) is 13.7. The minimum absolute atomic E-state index is 0.631. The van der Waals surface area contributed by atoms with E-state index in [0.29, 0.717) is 17.5 Å². The van der Waals surface area contributed by atoms with Gasteiger partial charge >= 0.3 is 0 Å². The van der Waals surface area contributed by atoms with Gasteiger partial charge in [-0.1, -0.05) is 152 Å². The van der Waals surface area contributed by atoms with Crippen LogP contribution in [0.3, 0.4) is 0 Å². The molecule has 0 N–H and O–H groups in total. The van der Waals surface area contributed by atoms with Crippen molar-refractivity contribution in [3.63, 3.8) is 0 Å². The third-order valence-corrected chi connectivity index (χ3v) is 11.8. The topological polar surface area (TPSA) is 43.6 Å². The monoisotopic (exact) mass is 732 g/mol. The third kappa shape index (κ3) is 5.48. The first-order valence-corrected chi connectivity index (χ1v) is 19.6. The summed E-state index contributed by atoms with van der Waals surface area (Å²) in [6, 6.07) is 68.6. The van der Waals surface area contributed by atoms with Gasteiger partial charge < -0.3 is 4.57 Å². The Hall–Kier alpha value is -7.21. The number of hydrogen-bond acceptors (Lipinski definition) is 4. The van der Waals surface area contributed by atoms with E-state index in [9.17, 15) is 0 Å². The Bertz CT molecular complexity index is 3200. The van der Waals surface area contributed by atoms with Crippen molar-refractivity contribution in [2.24, 2.45) is 0 Å². The molecule has 3 aromatic heterocycles. The molecule has 4 nitrogen and oxygen atoms in total. The molecule has 0 aliphatic carbocycles. The number of aromatic nitrogens is 4. The van der Waals surface area contributed by atoms with Crippen molar-refractivity contribution in [2.75, 3.05) is 0 Å². The first kappa shape index (κ1) is 32.2. The van der Waals surface area contributed by atoms with Crippen LogP contribution in [0.1, 0.15) is 0 Å². The van der Waals surface area contributed by atoms with E-state index in [1.54, 1.807) is 0 Å². The van der Waals surface area contributed by atoms with Crippen molar-refractivity contribution in [3.8, 4) is 62.1 Å². The van der Waals surface area contributed by atoms with Crippen LogP contribution in [0, 0.1) is 0 Å². The lowest BCUT2D eigenvalue weighted by Gasteiger charge is -2.13. The number of benzene rings is 8. The van der Waals surface area contributed by atoms with Crippen LogP contribution >= 0.6 is 11.3 Å². The smallest absolute Gasteiger partial charge is 0.164 e. The van der Waals surface area contributed by atoms with Gasteiger partial charge in [0.1, 0.15) is 0 Å². The van der Waals surface area contributed by atoms with Gasteiger partial charge in [-0.25, -0.2) is 15.0 Å². The lowest BCUT2D eigenvalue weighted by atomic mass is 9.99. The van der Waals surface area contributed by atoms with Crippen LogP contribution in [-0.2, 0) is 0 Å². The number of hydrogen-bond donors (Lipinski definition) is 0. The van der Waals surface area contributed by atoms with Crippen LogP contribution in [0.25, 0.3) is 104 Å². The molecule has 0 unspecified atom stereocenters. The summed E-state index contributed by atoms with van der Waals surface area (Å²) in [5, 5.41) is 5.00. The quantitative estimate of drug-likeness (QED) is 0.171. The molecule has 0 radical (unpaired) electrons. The second-order valence-electron chi connectivity index (χ2n) is 14.0. The standard InChI is InChI=1S/C51H32N4S/c1-3-15-33(16-4-1)35-19-13-21-37(29-35)50-52-49(34-17-5-2-6-18-34)53-51(54-50)38-22-14-20-36(30-38)43-31-39(32-44-42-25-9-12-28-47(42)56-48(43)44)55-45-26-10-7-23-40(45)41-24-8-11-27-46(41)55/h1-32H. The van der Waals surface area contributed by atoms with Crippen LogP contribution in [0.15, 0.2) is 194 Å². The average molecular weight is 733 g/mol. The van der Waals surface area contributed by atoms with Gasteiger partial charge in [-0.3, -0.25) is 0 Å². The number of rotatable bonds is 6. The van der Waals surface area contributed by atoms with E-state index in [1.807, 2.05) is 35.6 Å². The van der Waals surface area contributed by atoms with Gasteiger partial charge in [0.25, 0.3) is 0 Å². The summed E-state index contributed by atoms with van der Waals surface area (Å²) in [5.41, 5.74) is 10.9. The molecular formula is C51H32N4S. The van der Waals surface area contributed by atoms with Crippen LogP contribution in [0.4, 0.5) is 0 Å². The highest BCUT2D eigenvalue weighted by Crippen LogP contribution is 2.43. The highest BCUT2D eigenvalue weighted by Gasteiger charge is 2.19. The van der Waals surface area contributed by atoms with Gasteiger partial charge in [-0.15, -0.1) is 11.3 Å². The van der Waals surface area contributed by atoms with Crippen molar-refractivity contribution in [2.45, 2.75) is 0 Å². The minimum atomic E-state index is 0.631. The molecule has 5 heteroatoms. The summed E-state index contributed by atoms with van der Waals surface area (Å²) in [6.45, 7) is 0. The molecule has 0 saturated carbocycles. The normalized spacial score (nSPS) is 11.6. The zero-order chi connectivity index (χ0) is 37.0. The lowest BCUT2D eigenvalue weighted by Crippen LogP contribution is -2.00. The number of para-hydroxylation sites is 2. The molecule has 3 heterocycles. The van der Waals surface area contributed by atoms with E-state index in [2.05, 4.69) is 174 Å². The summed E-state index contributed by atoms with van der Waals surface area (Å²) in [5.74, 6) is 1.91. The second-order valence-corrected chi connectivity index (χ2v) is 15.1. The molecule has 8 aromatic carbocycles. The summed E-state index contributed by atoms with van der Waals surface area (Å²) in [4.78, 5) is 15.3. The van der Waals surface area contributed by atoms with Gasteiger partial charge in [-0.2, -0.15) is 0 Å². The molecular weight excluding hydrogens is 701 g/mol. The molecule has 56 heavy (non-hydrogen) atoms. The van der Waals surface area contributed by atoms with Crippen LogP contribution in [-0.4, -0.2) is 19.5 Å². The van der Waals surface area contributed by atoms with Crippen molar-refractivity contribution in [3.05, 3.63) is 194 Å². The van der Waals surface area contributed by atoms with E-state index in [4.69, 9.17) is 15.0 Å². The number of fused-ring (bicyclic) bond motifs is 6. The largest absolute Gasteiger partial charge is 0.309 e. The average Bonchev–Trinajstić information content (AvgIpc) is 3.82. The summed E-state index contributed by atoms with van der Waals surface area (Å²) in [7, 11) is 0. The third-order valence-electron chi connectivity index (χ3n) is 10.6. The molecule has 0 fully saturated rings. The van der Waals surface area contributed by atoms with Gasteiger partial charge in [0.15, 0.2) is 17.5 Å². The van der Waals surface area contributed by atoms with Crippen molar-refractivity contribution >= 4 is 53.3 Å².